The number of methoxy groups -OCH3 is 2. The molecule has 0 amide bonds. The van der Waals surface area contributed by atoms with Crippen molar-refractivity contribution in [1.82, 2.24) is 0 Å². The molecule has 3 aromatic rings. The van der Waals surface area contributed by atoms with E-state index >= 15 is 0 Å². The van der Waals surface area contributed by atoms with Crippen molar-refractivity contribution in [3.05, 3.63) is 105 Å². The van der Waals surface area contributed by atoms with Crippen molar-refractivity contribution in [3.63, 3.8) is 0 Å². The smallest absolute Gasteiger partial charge is 0.161 e. The van der Waals surface area contributed by atoms with Gasteiger partial charge >= 0.3 is 0 Å². The van der Waals surface area contributed by atoms with Gasteiger partial charge < -0.3 is 14.6 Å². The van der Waals surface area contributed by atoms with Crippen molar-refractivity contribution >= 4 is 39.0 Å². The number of carbonyl (C=O) groups is 1. The molecule has 1 atom stereocenters. The summed E-state index contributed by atoms with van der Waals surface area (Å²) in [6.07, 6.45) is 1.74. The van der Waals surface area contributed by atoms with Gasteiger partial charge in [0.25, 0.3) is 0 Å². The van der Waals surface area contributed by atoms with Gasteiger partial charge in [0.1, 0.15) is 23.1 Å². The van der Waals surface area contributed by atoms with Gasteiger partial charge in [-0.25, -0.2) is 0 Å². The van der Waals surface area contributed by atoms with Crippen LogP contribution >= 0.6 is 15.9 Å². The molecule has 2 N–H and O–H groups in total. The summed E-state index contributed by atoms with van der Waals surface area (Å²) >= 11 is 3.48. The Kier molecular flexibility index (Phi) is 6.89. The Bertz CT molecular complexity index is 1430. The van der Waals surface area contributed by atoms with Crippen molar-refractivity contribution in [2.45, 2.75) is 25.2 Å². The molecule has 0 saturated carbocycles. The topological polar surface area (TPSA) is 82.8 Å². The Morgan fingerprint density at radius 3 is 2.41 bits per heavy atom. The number of Topliss-reactive ketones (excluding diaryl/α,β-unsaturated/α-hetero) is 1. The number of hydrogen-bond donors (Lipinski definition) is 2. The van der Waals surface area contributed by atoms with Gasteiger partial charge in [0.15, 0.2) is 5.78 Å². The second-order valence-electron chi connectivity index (χ2n) is 8.97. The second kappa shape index (κ2) is 10.3. The molecule has 6 nitrogen and oxygen atoms in total. The lowest BCUT2D eigenvalue weighted by Crippen LogP contribution is -2.42. The van der Waals surface area contributed by atoms with Crippen molar-refractivity contribution in [3.8, 4) is 11.5 Å². The lowest BCUT2D eigenvalue weighted by atomic mass is 9.73. The molecule has 0 unspecified atom stereocenters. The van der Waals surface area contributed by atoms with Crippen molar-refractivity contribution in [2.75, 3.05) is 19.1 Å². The van der Waals surface area contributed by atoms with E-state index in [4.69, 9.17) is 9.47 Å². The maximum Gasteiger partial charge on any atom is 0.161 e. The van der Waals surface area contributed by atoms with Crippen LogP contribution in [-0.4, -0.2) is 30.9 Å². The number of ketones is 1. The third kappa shape index (κ3) is 4.44. The molecule has 0 spiro atoms. The van der Waals surface area contributed by atoms with Gasteiger partial charge in [-0.3, -0.25) is 15.1 Å². The fourth-order valence-electron chi connectivity index (χ4n) is 5.19. The van der Waals surface area contributed by atoms with Gasteiger partial charge in [0.05, 0.1) is 20.1 Å². The second-order valence-corrected chi connectivity index (χ2v) is 9.88. The van der Waals surface area contributed by atoms with Gasteiger partial charge in [-0.15, -0.1) is 0 Å². The van der Waals surface area contributed by atoms with E-state index in [1.165, 1.54) is 0 Å². The molecule has 3 aromatic carbocycles. The summed E-state index contributed by atoms with van der Waals surface area (Å²) in [7, 11) is 3.16. The van der Waals surface area contributed by atoms with E-state index in [1.807, 2.05) is 48.5 Å². The number of benzene rings is 3. The summed E-state index contributed by atoms with van der Waals surface area (Å²) in [5.41, 5.74) is 3.69. The van der Waals surface area contributed by atoms with Crippen LogP contribution in [0.2, 0.25) is 0 Å². The minimum atomic E-state index is -0.702. The Balaban J connectivity index is 1.86. The molecule has 0 aromatic heterocycles. The first-order chi connectivity index (χ1) is 17.9. The largest absolute Gasteiger partial charge is 0.507 e. The van der Waals surface area contributed by atoms with E-state index in [0.717, 1.165) is 15.9 Å². The normalized spacial score (nSPS) is 19.0. The molecule has 1 heterocycles. The van der Waals surface area contributed by atoms with Crippen LogP contribution in [0.4, 0.5) is 5.69 Å². The van der Waals surface area contributed by atoms with Gasteiger partial charge in [0.2, 0.25) is 0 Å². The molecular weight excluding hydrogens is 532 g/mol. The minimum absolute atomic E-state index is 0.00379. The van der Waals surface area contributed by atoms with Gasteiger partial charge in [-0.1, -0.05) is 46.3 Å². The number of amidine groups is 1. The summed E-state index contributed by atoms with van der Waals surface area (Å²) in [6, 6.07) is 22.2. The highest BCUT2D eigenvalue weighted by atomic mass is 79.9. The van der Waals surface area contributed by atoms with Crippen molar-refractivity contribution in [1.29, 1.82) is 5.41 Å². The molecule has 1 aliphatic carbocycles. The number of rotatable bonds is 5. The third-order valence-corrected chi connectivity index (χ3v) is 7.42. The van der Waals surface area contributed by atoms with E-state index in [1.54, 1.807) is 43.4 Å². The van der Waals surface area contributed by atoms with Gasteiger partial charge in [0, 0.05) is 44.6 Å². The van der Waals surface area contributed by atoms with Crippen LogP contribution in [0.25, 0.3) is 5.76 Å². The third-order valence-electron chi connectivity index (χ3n) is 6.89. The summed E-state index contributed by atoms with van der Waals surface area (Å²) in [5, 5.41) is 21.2. The fourth-order valence-corrected chi connectivity index (χ4v) is 5.46. The van der Waals surface area contributed by atoms with Crippen LogP contribution in [-0.2, 0) is 4.79 Å². The summed E-state index contributed by atoms with van der Waals surface area (Å²) in [5.74, 6) is 0.525. The number of carbonyl (C=O) groups excluding carboxylic acids is 1. The van der Waals surface area contributed by atoms with E-state index < -0.39 is 5.92 Å². The lowest BCUT2D eigenvalue weighted by Gasteiger charge is -2.42. The van der Waals surface area contributed by atoms with E-state index in [-0.39, 0.29) is 17.4 Å². The summed E-state index contributed by atoms with van der Waals surface area (Å²) < 4.78 is 12.1. The number of aliphatic hydroxyl groups is 1. The molecule has 7 heteroatoms. The maximum atomic E-state index is 13.7. The number of nitrogens with zero attached hydrogens (tertiary/aromatic N) is 1. The van der Waals surface area contributed by atoms with Crippen LogP contribution in [0.15, 0.2) is 94.1 Å². The molecule has 5 rings (SSSR count). The number of nitrogens with one attached hydrogen (secondary N) is 1. The highest BCUT2D eigenvalue weighted by Gasteiger charge is 2.44. The van der Waals surface area contributed by atoms with Crippen molar-refractivity contribution < 1.29 is 19.4 Å². The molecule has 188 valence electrons. The average Bonchev–Trinajstić information content (AvgIpc) is 2.93. The van der Waals surface area contributed by atoms with E-state index in [2.05, 4.69) is 15.9 Å². The van der Waals surface area contributed by atoms with Crippen LogP contribution in [0.5, 0.6) is 11.5 Å². The fraction of sp³-hybridized carbons (Fsp3) is 0.200. The van der Waals surface area contributed by atoms with Crippen LogP contribution < -0.4 is 14.4 Å². The molecule has 37 heavy (non-hydrogen) atoms. The number of ether oxygens (including phenoxy) is 2. The zero-order valence-electron chi connectivity index (χ0n) is 20.6. The number of aliphatic hydroxyl groups excluding tert-OH is 1. The Morgan fingerprint density at radius 2 is 1.73 bits per heavy atom. The standard InChI is InChI=1S/C30H27BrN2O4/c1-36-21-15-16-25(37-2)22(17-21)26-27-23(9-6-10-24(27)34)33(20-13-11-19(31)12-14-20)30(32)28(26)29(35)18-7-4-3-5-8-18/h3-5,7-8,11-17,26,32,35H,6,9-10H2,1-2H3/t26-/m0/s1. The molecular formula is C30H27BrN2O4. The summed E-state index contributed by atoms with van der Waals surface area (Å²) in [6.45, 7) is 0. The SMILES string of the molecule is COc1ccc(OC)c([C@@H]2C(=C(O)c3ccccc3)C(=N)N(c3ccc(Br)cc3)C3=C2C(=O)CCC3)c1. The number of hydrogen-bond acceptors (Lipinski definition) is 5. The Morgan fingerprint density at radius 1 is 1.00 bits per heavy atom. The number of anilines is 1. The average molecular weight is 559 g/mol. The molecule has 0 fully saturated rings. The number of allylic oxidation sites excluding steroid dienone is 2. The van der Waals surface area contributed by atoms with E-state index in [9.17, 15) is 15.3 Å². The Hall–Kier alpha value is -3.84. The molecule has 0 saturated heterocycles. The predicted molar refractivity (Wildman–Crippen MR) is 149 cm³/mol. The molecule has 0 bridgehead atoms. The van der Waals surface area contributed by atoms with Crippen LogP contribution in [0, 0.1) is 5.41 Å². The molecule has 0 radical (unpaired) electrons. The molecule has 2 aliphatic rings. The Labute approximate surface area is 224 Å². The monoisotopic (exact) mass is 558 g/mol. The predicted octanol–water partition coefficient (Wildman–Crippen LogP) is 7.02. The minimum Gasteiger partial charge on any atom is -0.507 e. The molecule has 1 aliphatic heterocycles. The zero-order chi connectivity index (χ0) is 26.1. The van der Waals surface area contributed by atoms with Gasteiger partial charge in [-0.05, 0) is 55.3 Å². The van der Waals surface area contributed by atoms with E-state index in [0.29, 0.717) is 53.0 Å². The highest BCUT2D eigenvalue weighted by molar-refractivity contribution is 9.10. The van der Waals surface area contributed by atoms with Crippen LogP contribution in [0.3, 0.4) is 0 Å². The van der Waals surface area contributed by atoms with Crippen molar-refractivity contribution in [2.24, 2.45) is 0 Å². The first-order valence-corrected chi connectivity index (χ1v) is 12.8. The zero-order valence-corrected chi connectivity index (χ0v) is 22.2. The quantitative estimate of drug-likeness (QED) is 0.328. The van der Waals surface area contributed by atoms with Crippen LogP contribution in [0.1, 0.15) is 36.3 Å². The number of halogens is 1. The maximum absolute atomic E-state index is 13.7. The lowest BCUT2D eigenvalue weighted by molar-refractivity contribution is -0.116. The van der Waals surface area contributed by atoms with Gasteiger partial charge in [-0.2, -0.15) is 0 Å². The summed E-state index contributed by atoms with van der Waals surface area (Å²) in [4.78, 5) is 15.5. The first kappa shape index (κ1) is 24.8. The first-order valence-electron chi connectivity index (χ1n) is 12.1. The highest BCUT2D eigenvalue weighted by Crippen LogP contribution is 2.50.